The van der Waals surface area contributed by atoms with Crippen LogP contribution >= 0.6 is 0 Å². The highest BCUT2D eigenvalue weighted by molar-refractivity contribution is 5.02. The van der Waals surface area contributed by atoms with Crippen molar-refractivity contribution in [2.24, 2.45) is 5.92 Å². The van der Waals surface area contributed by atoms with E-state index in [4.69, 9.17) is 4.42 Å². The smallest absolute Gasteiger partial charge is 0.132 e. The van der Waals surface area contributed by atoms with Crippen molar-refractivity contribution in [1.82, 2.24) is 5.32 Å². The Balaban J connectivity index is 1.81. The van der Waals surface area contributed by atoms with Crippen LogP contribution in [-0.4, -0.2) is 17.2 Å². The Hall–Kier alpha value is -0.800. The van der Waals surface area contributed by atoms with E-state index in [1.165, 1.54) is 32.1 Å². The highest BCUT2D eigenvalue weighted by Gasteiger charge is 2.25. The van der Waals surface area contributed by atoms with Crippen molar-refractivity contribution in [3.05, 3.63) is 24.2 Å². The number of hydrogen-bond acceptors (Lipinski definition) is 3. The Kier molecular flexibility index (Phi) is 5.46. The van der Waals surface area contributed by atoms with Crippen molar-refractivity contribution in [3.8, 4) is 0 Å². The van der Waals surface area contributed by atoms with E-state index in [0.29, 0.717) is 24.3 Å². The van der Waals surface area contributed by atoms with Crippen LogP contribution in [0.5, 0.6) is 0 Å². The molecule has 0 saturated heterocycles. The lowest BCUT2D eigenvalue weighted by Crippen LogP contribution is -2.43. The SMILES string of the molecule is CCC1CCCCC1NC(C)CC(O)c1ccco1. The summed E-state index contributed by atoms with van der Waals surface area (Å²) in [6.07, 6.45) is 8.42. The maximum Gasteiger partial charge on any atom is 0.132 e. The Morgan fingerprint density at radius 1 is 1.42 bits per heavy atom. The molecule has 0 bridgehead atoms. The molecule has 0 aliphatic heterocycles. The first-order valence-corrected chi connectivity index (χ1v) is 7.68. The first kappa shape index (κ1) is 14.6. The molecule has 4 atom stereocenters. The summed E-state index contributed by atoms with van der Waals surface area (Å²) in [5.74, 6) is 1.47. The minimum absolute atomic E-state index is 0.317. The molecular weight excluding hydrogens is 238 g/mol. The van der Waals surface area contributed by atoms with Crippen molar-refractivity contribution >= 4 is 0 Å². The molecule has 3 heteroatoms. The molecule has 3 nitrogen and oxygen atoms in total. The topological polar surface area (TPSA) is 45.4 Å². The zero-order valence-electron chi connectivity index (χ0n) is 12.1. The first-order valence-electron chi connectivity index (χ1n) is 7.68. The van der Waals surface area contributed by atoms with E-state index in [1.807, 2.05) is 12.1 Å². The number of hydrogen-bond donors (Lipinski definition) is 2. The Morgan fingerprint density at radius 2 is 2.21 bits per heavy atom. The minimum atomic E-state index is -0.499. The molecule has 1 aliphatic carbocycles. The van der Waals surface area contributed by atoms with E-state index in [2.05, 4.69) is 19.2 Å². The van der Waals surface area contributed by atoms with E-state index in [9.17, 15) is 5.11 Å². The van der Waals surface area contributed by atoms with Gasteiger partial charge in [0.15, 0.2) is 0 Å². The van der Waals surface area contributed by atoms with Crippen molar-refractivity contribution in [2.45, 2.75) is 70.6 Å². The summed E-state index contributed by atoms with van der Waals surface area (Å²) in [6, 6.07) is 4.60. The summed E-state index contributed by atoms with van der Waals surface area (Å²) < 4.78 is 5.25. The lowest BCUT2D eigenvalue weighted by Gasteiger charge is -2.34. The zero-order valence-corrected chi connectivity index (χ0v) is 12.1. The molecule has 2 N–H and O–H groups in total. The number of furan rings is 1. The van der Waals surface area contributed by atoms with E-state index < -0.39 is 6.10 Å². The van der Waals surface area contributed by atoms with Crippen LogP contribution in [-0.2, 0) is 0 Å². The van der Waals surface area contributed by atoms with Crippen LogP contribution in [0.4, 0.5) is 0 Å². The fraction of sp³-hybridized carbons (Fsp3) is 0.750. The van der Waals surface area contributed by atoms with Crippen LogP contribution in [0.15, 0.2) is 22.8 Å². The van der Waals surface area contributed by atoms with Gasteiger partial charge in [-0.2, -0.15) is 0 Å². The van der Waals surface area contributed by atoms with Crippen molar-refractivity contribution in [1.29, 1.82) is 0 Å². The molecule has 0 amide bonds. The molecule has 1 heterocycles. The molecule has 4 unspecified atom stereocenters. The molecule has 19 heavy (non-hydrogen) atoms. The van der Waals surface area contributed by atoms with Crippen molar-refractivity contribution in [3.63, 3.8) is 0 Å². The van der Waals surface area contributed by atoms with Gasteiger partial charge in [0.05, 0.1) is 6.26 Å². The molecule has 1 aromatic rings. The maximum absolute atomic E-state index is 10.1. The van der Waals surface area contributed by atoms with Crippen molar-refractivity contribution < 1.29 is 9.52 Å². The van der Waals surface area contributed by atoms with Gasteiger partial charge in [0.25, 0.3) is 0 Å². The van der Waals surface area contributed by atoms with E-state index in [0.717, 1.165) is 5.92 Å². The molecule has 0 spiro atoms. The van der Waals surface area contributed by atoms with Crippen LogP contribution in [0.3, 0.4) is 0 Å². The molecule has 2 rings (SSSR count). The second kappa shape index (κ2) is 7.11. The normalized spacial score (nSPS) is 27.1. The average Bonchev–Trinajstić information content (AvgIpc) is 2.93. The summed E-state index contributed by atoms with van der Waals surface area (Å²) in [5.41, 5.74) is 0. The summed E-state index contributed by atoms with van der Waals surface area (Å²) in [7, 11) is 0. The Morgan fingerprint density at radius 3 is 2.89 bits per heavy atom. The van der Waals surface area contributed by atoms with Gasteiger partial charge in [-0.05, 0) is 44.2 Å². The molecule has 0 radical (unpaired) electrons. The predicted molar refractivity (Wildman–Crippen MR) is 76.9 cm³/mol. The third-order valence-corrected chi connectivity index (χ3v) is 4.38. The number of aliphatic hydroxyl groups is 1. The largest absolute Gasteiger partial charge is 0.467 e. The highest BCUT2D eigenvalue weighted by Crippen LogP contribution is 2.28. The lowest BCUT2D eigenvalue weighted by atomic mass is 9.82. The van der Waals surface area contributed by atoms with Gasteiger partial charge < -0.3 is 14.8 Å². The second-order valence-corrected chi connectivity index (χ2v) is 5.89. The predicted octanol–water partition coefficient (Wildman–Crippen LogP) is 3.65. The van der Waals surface area contributed by atoms with Crippen molar-refractivity contribution in [2.75, 3.05) is 0 Å². The van der Waals surface area contributed by atoms with E-state index in [-0.39, 0.29) is 0 Å². The fourth-order valence-electron chi connectivity index (χ4n) is 3.28. The lowest BCUT2D eigenvalue weighted by molar-refractivity contribution is 0.121. The first-order chi connectivity index (χ1) is 9.20. The molecule has 0 aromatic carbocycles. The zero-order chi connectivity index (χ0) is 13.7. The number of rotatable bonds is 6. The maximum atomic E-state index is 10.1. The molecule has 1 aliphatic rings. The molecular formula is C16H27NO2. The van der Waals surface area contributed by atoms with Gasteiger partial charge in [0.1, 0.15) is 11.9 Å². The summed E-state index contributed by atoms with van der Waals surface area (Å²) in [6.45, 7) is 4.44. The fourth-order valence-corrected chi connectivity index (χ4v) is 3.28. The second-order valence-electron chi connectivity index (χ2n) is 5.89. The van der Waals surface area contributed by atoms with Gasteiger partial charge in [-0.1, -0.05) is 26.2 Å². The number of aliphatic hydroxyl groups excluding tert-OH is 1. The van der Waals surface area contributed by atoms with E-state index >= 15 is 0 Å². The van der Waals surface area contributed by atoms with E-state index in [1.54, 1.807) is 6.26 Å². The molecule has 1 aromatic heterocycles. The van der Waals surface area contributed by atoms with Crippen LogP contribution in [0.25, 0.3) is 0 Å². The third-order valence-electron chi connectivity index (χ3n) is 4.38. The average molecular weight is 265 g/mol. The summed E-state index contributed by atoms with van der Waals surface area (Å²) in [4.78, 5) is 0. The number of nitrogens with one attached hydrogen (secondary N) is 1. The van der Waals surface area contributed by atoms with Gasteiger partial charge >= 0.3 is 0 Å². The highest BCUT2D eigenvalue weighted by atomic mass is 16.4. The summed E-state index contributed by atoms with van der Waals surface area (Å²) in [5, 5.41) is 13.8. The van der Waals surface area contributed by atoms with Gasteiger partial charge in [-0.15, -0.1) is 0 Å². The van der Waals surface area contributed by atoms with Crippen LogP contribution in [0, 0.1) is 5.92 Å². The molecule has 1 saturated carbocycles. The van der Waals surface area contributed by atoms with Gasteiger partial charge in [0.2, 0.25) is 0 Å². The van der Waals surface area contributed by atoms with Crippen LogP contribution < -0.4 is 5.32 Å². The monoisotopic (exact) mass is 265 g/mol. The summed E-state index contributed by atoms with van der Waals surface area (Å²) >= 11 is 0. The Labute approximate surface area is 116 Å². The third kappa shape index (κ3) is 4.08. The standard InChI is InChI=1S/C16H27NO2/c1-3-13-7-4-5-8-14(13)17-12(2)11-15(18)16-9-6-10-19-16/h6,9-10,12-15,17-18H,3-5,7-8,11H2,1-2H3. The Bertz CT molecular complexity index is 350. The minimum Gasteiger partial charge on any atom is -0.467 e. The quantitative estimate of drug-likeness (QED) is 0.825. The van der Waals surface area contributed by atoms with Crippen LogP contribution in [0.2, 0.25) is 0 Å². The van der Waals surface area contributed by atoms with Gasteiger partial charge in [-0.3, -0.25) is 0 Å². The van der Waals surface area contributed by atoms with Crippen LogP contribution in [0.1, 0.15) is 64.2 Å². The van der Waals surface area contributed by atoms with Gasteiger partial charge in [-0.25, -0.2) is 0 Å². The molecule has 108 valence electrons. The van der Waals surface area contributed by atoms with Gasteiger partial charge in [0, 0.05) is 12.1 Å². The molecule has 1 fully saturated rings.